The van der Waals surface area contributed by atoms with Gasteiger partial charge in [0, 0.05) is 0 Å². The first-order valence-corrected chi connectivity index (χ1v) is 5.34. The van der Waals surface area contributed by atoms with E-state index in [1.54, 1.807) is 0 Å². The molecule has 1 unspecified atom stereocenters. The van der Waals surface area contributed by atoms with Gasteiger partial charge in [-0.15, -0.1) is 0 Å². The van der Waals surface area contributed by atoms with Crippen molar-refractivity contribution < 1.29 is 4.74 Å². The lowest BCUT2D eigenvalue weighted by molar-refractivity contribution is -0.0102. The summed E-state index contributed by atoms with van der Waals surface area (Å²) >= 11 is 0. The summed E-state index contributed by atoms with van der Waals surface area (Å²) in [6.45, 7) is 8.75. The van der Waals surface area contributed by atoms with Crippen LogP contribution in [0.25, 0.3) is 0 Å². The van der Waals surface area contributed by atoms with E-state index in [9.17, 15) is 0 Å². The van der Waals surface area contributed by atoms with Crippen LogP contribution in [0.15, 0.2) is 24.3 Å². The zero-order valence-electron chi connectivity index (χ0n) is 10.1. The number of hydrogen-bond donors (Lipinski definition) is 1. The predicted molar refractivity (Wildman–Crippen MR) is 63.8 cm³/mol. The Morgan fingerprint density at radius 1 is 1.33 bits per heavy atom. The number of benzene rings is 1. The van der Waals surface area contributed by atoms with E-state index in [-0.39, 0.29) is 11.6 Å². The van der Waals surface area contributed by atoms with Gasteiger partial charge in [0.2, 0.25) is 0 Å². The van der Waals surface area contributed by atoms with Crippen LogP contribution in [0.3, 0.4) is 0 Å². The Labute approximate surface area is 92.4 Å². The highest BCUT2D eigenvalue weighted by molar-refractivity contribution is 5.24. The van der Waals surface area contributed by atoms with E-state index in [2.05, 4.69) is 19.1 Å². The Morgan fingerprint density at radius 2 is 2.00 bits per heavy atom. The van der Waals surface area contributed by atoms with Gasteiger partial charge >= 0.3 is 0 Å². The van der Waals surface area contributed by atoms with Crippen LogP contribution in [-0.4, -0.2) is 12.2 Å². The molecule has 0 aliphatic rings. The first-order valence-electron chi connectivity index (χ1n) is 5.34. The van der Waals surface area contributed by atoms with Gasteiger partial charge in [-0.05, 0) is 33.3 Å². The van der Waals surface area contributed by atoms with Crippen LogP contribution < -0.4 is 5.73 Å². The van der Waals surface area contributed by atoms with Crippen molar-refractivity contribution in [3.63, 3.8) is 0 Å². The van der Waals surface area contributed by atoms with Crippen LogP contribution in [0.5, 0.6) is 0 Å². The standard InChI is InChI=1S/C13H21NO/c1-10-6-5-7-11(8-10)12(14)9-15-13(2,3)4/h5-8,12H,9,14H2,1-4H3. The van der Waals surface area contributed by atoms with E-state index >= 15 is 0 Å². The summed E-state index contributed by atoms with van der Waals surface area (Å²) in [6, 6.07) is 8.21. The molecule has 0 aromatic heterocycles. The van der Waals surface area contributed by atoms with Gasteiger partial charge in [-0.1, -0.05) is 29.8 Å². The number of rotatable bonds is 3. The lowest BCUT2D eigenvalue weighted by Gasteiger charge is -2.22. The van der Waals surface area contributed by atoms with E-state index in [1.165, 1.54) is 5.56 Å². The maximum absolute atomic E-state index is 6.05. The van der Waals surface area contributed by atoms with Gasteiger partial charge < -0.3 is 10.5 Å². The summed E-state index contributed by atoms with van der Waals surface area (Å²) in [6.07, 6.45) is 0. The summed E-state index contributed by atoms with van der Waals surface area (Å²) in [5, 5.41) is 0. The molecular formula is C13H21NO. The van der Waals surface area contributed by atoms with E-state index in [0.717, 1.165) is 5.56 Å². The average Bonchev–Trinajstić information content (AvgIpc) is 2.13. The molecule has 0 aliphatic carbocycles. The number of nitrogens with two attached hydrogens (primary N) is 1. The fourth-order valence-electron chi connectivity index (χ4n) is 1.34. The maximum Gasteiger partial charge on any atom is 0.0666 e. The van der Waals surface area contributed by atoms with Crippen molar-refractivity contribution in [1.29, 1.82) is 0 Å². The molecule has 2 nitrogen and oxygen atoms in total. The van der Waals surface area contributed by atoms with Crippen molar-refractivity contribution >= 4 is 0 Å². The predicted octanol–water partition coefficient (Wildman–Crippen LogP) is 2.81. The highest BCUT2D eigenvalue weighted by Gasteiger charge is 2.13. The fourth-order valence-corrected chi connectivity index (χ4v) is 1.34. The lowest BCUT2D eigenvalue weighted by atomic mass is 10.1. The van der Waals surface area contributed by atoms with Gasteiger partial charge in [0.15, 0.2) is 0 Å². The van der Waals surface area contributed by atoms with E-state index in [1.807, 2.05) is 32.9 Å². The second-order valence-corrected chi connectivity index (χ2v) is 4.94. The Balaban J connectivity index is 2.58. The zero-order chi connectivity index (χ0) is 11.5. The van der Waals surface area contributed by atoms with Crippen LogP contribution in [0.1, 0.15) is 37.9 Å². The molecule has 0 amide bonds. The second-order valence-electron chi connectivity index (χ2n) is 4.94. The van der Waals surface area contributed by atoms with Gasteiger partial charge in [0.1, 0.15) is 0 Å². The van der Waals surface area contributed by atoms with Crippen molar-refractivity contribution in [2.45, 2.75) is 39.3 Å². The largest absolute Gasteiger partial charge is 0.374 e. The van der Waals surface area contributed by atoms with Crippen molar-refractivity contribution in [2.75, 3.05) is 6.61 Å². The highest BCUT2D eigenvalue weighted by atomic mass is 16.5. The van der Waals surface area contributed by atoms with Gasteiger partial charge in [-0.2, -0.15) is 0 Å². The monoisotopic (exact) mass is 207 g/mol. The maximum atomic E-state index is 6.05. The minimum Gasteiger partial charge on any atom is -0.374 e. The molecule has 1 atom stereocenters. The van der Waals surface area contributed by atoms with Crippen molar-refractivity contribution in [3.8, 4) is 0 Å². The Morgan fingerprint density at radius 3 is 2.53 bits per heavy atom. The van der Waals surface area contributed by atoms with Crippen LogP contribution in [0.4, 0.5) is 0 Å². The van der Waals surface area contributed by atoms with E-state index in [0.29, 0.717) is 6.61 Å². The van der Waals surface area contributed by atoms with Gasteiger partial charge in [0.05, 0.1) is 18.2 Å². The Bertz CT molecular complexity index is 315. The molecule has 0 spiro atoms. The van der Waals surface area contributed by atoms with Crippen LogP contribution in [0, 0.1) is 6.92 Å². The smallest absolute Gasteiger partial charge is 0.0666 e. The van der Waals surface area contributed by atoms with Crippen LogP contribution in [0.2, 0.25) is 0 Å². The van der Waals surface area contributed by atoms with Crippen molar-refractivity contribution in [2.24, 2.45) is 5.73 Å². The quantitative estimate of drug-likeness (QED) is 0.827. The van der Waals surface area contributed by atoms with E-state index < -0.39 is 0 Å². The van der Waals surface area contributed by atoms with Gasteiger partial charge in [-0.25, -0.2) is 0 Å². The summed E-state index contributed by atoms with van der Waals surface area (Å²) in [4.78, 5) is 0. The SMILES string of the molecule is Cc1cccc(C(N)COC(C)(C)C)c1. The number of hydrogen-bond acceptors (Lipinski definition) is 2. The summed E-state index contributed by atoms with van der Waals surface area (Å²) in [5.41, 5.74) is 8.30. The van der Waals surface area contributed by atoms with E-state index in [4.69, 9.17) is 10.5 Å². The highest BCUT2D eigenvalue weighted by Crippen LogP contribution is 2.15. The van der Waals surface area contributed by atoms with Gasteiger partial charge in [0.25, 0.3) is 0 Å². The molecule has 0 saturated heterocycles. The molecule has 1 aromatic rings. The lowest BCUT2D eigenvalue weighted by Crippen LogP contribution is -2.26. The normalized spacial score (nSPS) is 13.9. The third-order valence-corrected chi connectivity index (χ3v) is 2.17. The third-order valence-electron chi connectivity index (χ3n) is 2.17. The molecule has 84 valence electrons. The third kappa shape index (κ3) is 4.45. The minimum atomic E-state index is -0.124. The topological polar surface area (TPSA) is 35.2 Å². The molecule has 0 radical (unpaired) electrons. The molecule has 15 heavy (non-hydrogen) atoms. The molecular weight excluding hydrogens is 186 g/mol. The molecule has 2 N–H and O–H groups in total. The molecule has 0 bridgehead atoms. The number of ether oxygens (including phenoxy) is 1. The summed E-state index contributed by atoms with van der Waals surface area (Å²) in [5.74, 6) is 0. The molecule has 0 heterocycles. The molecule has 0 saturated carbocycles. The molecule has 1 aromatic carbocycles. The first-order chi connectivity index (χ1) is 6.88. The Hall–Kier alpha value is -0.860. The van der Waals surface area contributed by atoms with Crippen molar-refractivity contribution in [3.05, 3.63) is 35.4 Å². The Kier molecular flexibility index (Phi) is 3.89. The molecule has 2 heteroatoms. The molecule has 1 rings (SSSR count). The molecule has 0 fully saturated rings. The van der Waals surface area contributed by atoms with Crippen molar-refractivity contribution in [1.82, 2.24) is 0 Å². The summed E-state index contributed by atoms with van der Waals surface area (Å²) < 4.78 is 5.66. The average molecular weight is 207 g/mol. The minimum absolute atomic E-state index is 0.0378. The second kappa shape index (κ2) is 4.77. The van der Waals surface area contributed by atoms with Gasteiger partial charge in [-0.3, -0.25) is 0 Å². The fraction of sp³-hybridized carbons (Fsp3) is 0.538. The van der Waals surface area contributed by atoms with Crippen LogP contribution in [-0.2, 0) is 4.74 Å². The molecule has 0 aliphatic heterocycles. The number of aryl methyl sites for hydroxylation is 1. The first kappa shape index (κ1) is 12.2. The zero-order valence-corrected chi connectivity index (χ0v) is 10.1. The summed E-state index contributed by atoms with van der Waals surface area (Å²) in [7, 11) is 0. The van der Waals surface area contributed by atoms with Crippen LogP contribution >= 0.6 is 0 Å².